The molecule has 0 aliphatic rings. The summed E-state index contributed by atoms with van der Waals surface area (Å²) in [6.07, 6.45) is 6.74. The Morgan fingerprint density at radius 1 is 1.22 bits per heavy atom. The molecule has 2 rings (SSSR count). The van der Waals surface area contributed by atoms with E-state index in [0.717, 1.165) is 28.7 Å². The van der Waals surface area contributed by atoms with Crippen molar-refractivity contribution in [1.29, 1.82) is 0 Å². The molecule has 0 fully saturated rings. The average molecular weight is 466 g/mol. The van der Waals surface area contributed by atoms with Gasteiger partial charge in [0.05, 0.1) is 0 Å². The first kappa shape index (κ1) is 24.5. The molecule has 0 aliphatic carbocycles. The van der Waals surface area contributed by atoms with Crippen LogP contribution in [0.1, 0.15) is 62.6 Å². The smallest absolute Gasteiger partial charge is 3.00 e. The number of allylic oxidation sites excluding steroid dienone is 3. The van der Waals surface area contributed by atoms with E-state index in [0.29, 0.717) is 11.8 Å². The fourth-order valence-electron chi connectivity index (χ4n) is 3.30. The first-order valence-corrected chi connectivity index (χ1v) is 9.82. The minimum Gasteiger partial charge on any atom is 3.00 e. The van der Waals surface area contributed by atoms with E-state index in [1.54, 1.807) is 6.08 Å². The quantitative estimate of drug-likeness (QED) is 0.304. The zero-order valence-electron chi connectivity index (χ0n) is 16.7. The first-order valence-electron chi connectivity index (χ1n) is 9.12. The average Bonchev–Trinajstić information content (AvgIpc) is 2.65. The first-order chi connectivity index (χ1) is 12.5. The maximum Gasteiger partial charge on any atom is 3.00 e. The molecule has 2 aromatic rings. The van der Waals surface area contributed by atoms with E-state index in [9.17, 15) is 0 Å². The van der Waals surface area contributed by atoms with Crippen molar-refractivity contribution in [2.75, 3.05) is 0 Å². The number of hydrogen-bond donors (Lipinski definition) is 0. The van der Waals surface area contributed by atoms with Gasteiger partial charge >= 0.3 is 201 Å². The molecule has 0 spiro atoms. The summed E-state index contributed by atoms with van der Waals surface area (Å²) in [5, 5.41) is 0. The van der Waals surface area contributed by atoms with Crippen LogP contribution >= 0.6 is 0 Å². The third-order valence-corrected chi connectivity index (χ3v) is 4.98. The van der Waals surface area contributed by atoms with Gasteiger partial charge in [0.1, 0.15) is 0 Å². The molecular weight excluding hydrogens is 440 g/mol. The van der Waals surface area contributed by atoms with Gasteiger partial charge in [-0.05, 0) is 0 Å². The van der Waals surface area contributed by atoms with Crippen molar-refractivity contribution < 1.29 is 49.7 Å². The molecule has 0 saturated carbocycles. The van der Waals surface area contributed by atoms with Gasteiger partial charge < -0.3 is 0 Å². The van der Waals surface area contributed by atoms with Gasteiger partial charge in [-0.15, -0.1) is 0 Å². The third-order valence-electron chi connectivity index (χ3n) is 4.60. The van der Waals surface area contributed by atoms with Crippen LogP contribution in [0.4, 0.5) is 0 Å². The minimum atomic E-state index is 0. The van der Waals surface area contributed by atoms with Crippen LogP contribution in [0.3, 0.4) is 0 Å². The van der Waals surface area contributed by atoms with Gasteiger partial charge in [-0.1, -0.05) is 0 Å². The van der Waals surface area contributed by atoms with Crippen molar-refractivity contribution >= 4 is 10.3 Å². The van der Waals surface area contributed by atoms with Crippen LogP contribution in [0.25, 0.3) is 16.7 Å². The van der Waals surface area contributed by atoms with Gasteiger partial charge in [0.2, 0.25) is 0 Å². The van der Waals surface area contributed by atoms with Gasteiger partial charge in [-0.3, -0.25) is 0 Å². The second-order valence-electron chi connectivity index (χ2n) is 6.87. The molecule has 1 unspecified atom stereocenters. The molecular formula is C25H26VY-. The summed E-state index contributed by atoms with van der Waals surface area (Å²) in [6, 6.07) is 16.6. The molecule has 0 heterocycles. The van der Waals surface area contributed by atoms with E-state index in [-0.39, 0.29) is 32.7 Å². The fraction of sp³-hybridized carbons (Fsp3) is 0.280. The Hall–Kier alpha value is -0.522. The third kappa shape index (κ3) is 6.23. The van der Waals surface area contributed by atoms with Crippen molar-refractivity contribution in [3.05, 3.63) is 84.3 Å². The second kappa shape index (κ2) is 12.1. The summed E-state index contributed by atoms with van der Waals surface area (Å²) in [5.74, 6) is 0.944. The van der Waals surface area contributed by atoms with Crippen molar-refractivity contribution in [2.45, 2.75) is 46.0 Å². The van der Waals surface area contributed by atoms with Crippen LogP contribution < -0.4 is 0 Å². The van der Waals surface area contributed by atoms with E-state index < -0.39 is 0 Å². The van der Waals surface area contributed by atoms with E-state index in [2.05, 4.69) is 92.2 Å². The second-order valence-corrected chi connectivity index (χ2v) is 7.22. The van der Waals surface area contributed by atoms with Gasteiger partial charge in [0.15, 0.2) is 0 Å². The maximum absolute atomic E-state index is 5.62. The van der Waals surface area contributed by atoms with Crippen LogP contribution in [0.2, 0.25) is 0 Å². The summed E-state index contributed by atoms with van der Waals surface area (Å²) in [6.45, 7) is 14.5. The molecule has 0 nitrogen and oxygen atoms in total. The summed E-state index contributed by atoms with van der Waals surface area (Å²) < 4.78 is 3.19. The molecule has 0 N–H and O–H groups in total. The number of rotatable bonds is 8. The molecule has 0 radical (unpaired) electrons. The minimum absolute atomic E-state index is 0. The summed E-state index contributed by atoms with van der Waals surface area (Å²) in [5.41, 5.74) is 7.07. The molecule has 135 valence electrons. The Kier molecular flexibility index (Phi) is 11.0. The molecule has 27 heavy (non-hydrogen) atoms. The Morgan fingerprint density at radius 3 is 2.52 bits per heavy atom. The predicted octanol–water partition coefficient (Wildman–Crippen LogP) is 6.59. The van der Waals surface area contributed by atoms with Gasteiger partial charge in [-0.2, -0.15) is 0 Å². The van der Waals surface area contributed by atoms with Crippen molar-refractivity contribution in [3.63, 3.8) is 0 Å². The summed E-state index contributed by atoms with van der Waals surface area (Å²) in [4.78, 5) is 0. The Balaban J connectivity index is 0.00000364. The van der Waals surface area contributed by atoms with Gasteiger partial charge in [0.25, 0.3) is 0 Å². The van der Waals surface area contributed by atoms with Crippen molar-refractivity contribution in [2.24, 2.45) is 0 Å². The standard InChI is InChI=1S/C25H26.V.Y/c1-7-11-19(5)23-13-9-10-14-24(23)21-15-16-22(18(3)4)25(17-21)20(6)12-8-2;;/h1,7-11,13-16,18,20H,12H2,2-4,6H3;;/q-4;;+3/b19-11+;;. The van der Waals surface area contributed by atoms with E-state index in [1.807, 2.05) is 12.1 Å². The summed E-state index contributed by atoms with van der Waals surface area (Å²) >= 11 is 2.39. The zero-order valence-corrected chi connectivity index (χ0v) is 20.9. The van der Waals surface area contributed by atoms with E-state index >= 15 is 0 Å². The number of hydrogen-bond acceptors (Lipinski definition) is 0. The fourth-order valence-corrected chi connectivity index (χ4v) is 3.60. The molecule has 0 saturated heterocycles. The van der Waals surface area contributed by atoms with Crippen LogP contribution in [-0.4, -0.2) is 4.73 Å². The topological polar surface area (TPSA) is 0 Å². The molecule has 2 heteroatoms. The van der Waals surface area contributed by atoms with Gasteiger partial charge in [0, 0.05) is 0 Å². The van der Waals surface area contributed by atoms with Crippen LogP contribution in [0.5, 0.6) is 0 Å². The molecule has 0 bridgehead atoms. The largest absolute Gasteiger partial charge is 3.00 e. The molecule has 0 aromatic heterocycles. The predicted molar refractivity (Wildman–Crippen MR) is 110 cm³/mol. The molecule has 1 atom stereocenters. The Labute approximate surface area is 199 Å². The Morgan fingerprint density at radius 2 is 1.93 bits per heavy atom. The van der Waals surface area contributed by atoms with Crippen LogP contribution in [0, 0.1) is 19.1 Å². The van der Waals surface area contributed by atoms with Crippen LogP contribution in [0.15, 0.2) is 48.6 Å². The normalized spacial score (nSPS) is 12.4. The monoisotopic (exact) mass is 466 g/mol. The maximum atomic E-state index is 5.62. The Bertz CT molecular complexity index is 802. The van der Waals surface area contributed by atoms with Crippen molar-refractivity contribution in [3.8, 4) is 11.1 Å². The zero-order chi connectivity index (χ0) is 19.1. The van der Waals surface area contributed by atoms with E-state index in [1.165, 1.54) is 11.1 Å². The molecule has 0 amide bonds. The number of benzene rings is 2. The summed E-state index contributed by atoms with van der Waals surface area (Å²) in [7, 11) is 0. The van der Waals surface area contributed by atoms with Crippen molar-refractivity contribution in [1.82, 2.24) is 0 Å². The van der Waals surface area contributed by atoms with Gasteiger partial charge in [-0.25, -0.2) is 0 Å². The molecule has 0 aliphatic heterocycles. The molecule has 2 aromatic carbocycles. The van der Waals surface area contributed by atoms with Crippen LogP contribution in [-0.2, 0) is 49.7 Å². The van der Waals surface area contributed by atoms with E-state index in [4.69, 9.17) is 6.58 Å². The SMILES string of the molecule is [CH-]=C/C=C(\[C-]=[V])c1ccccc1-c1[c-]c(C(C)C[CH-]C)c(C(C)C)cc1.[Y+3].